The van der Waals surface area contributed by atoms with Crippen molar-refractivity contribution in [3.63, 3.8) is 0 Å². The van der Waals surface area contributed by atoms with Gasteiger partial charge in [0.2, 0.25) is 11.8 Å². The van der Waals surface area contributed by atoms with Gasteiger partial charge in [-0.2, -0.15) is 0 Å². The maximum atomic E-state index is 14.6. The maximum absolute atomic E-state index is 14.6. The minimum atomic E-state index is -4.19. The molecule has 0 radical (unpaired) electrons. The molecule has 4 aromatic carbocycles. The number of sulfonamides is 1. The summed E-state index contributed by atoms with van der Waals surface area (Å²) in [4.78, 5) is 29.8. The van der Waals surface area contributed by atoms with Gasteiger partial charge >= 0.3 is 0 Å². The summed E-state index contributed by atoms with van der Waals surface area (Å²) < 4.78 is 29.5. The third kappa shape index (κ3) is 8.45. The summed E-state index contributed by atoms with van der Waals surface area (Å²) in [6.45, 7) is 5.49. The first kappa shape index (κ1) is 34.0. The van der Waals surface area contributed by atoms with Gasteiger partial charge in [-0.25, -0.2) is 8.42 Å². The SMILES string of the molecule is CCCNC(=O)C(Cc1ccccc1)N(Cc1ccc(Cl)cc1Cl)C(=O)CN(c1cccc(C)c1C)S(=O)(=O)c1ccccc1. The van der Waals surface area contributed by atoms with Crippen molar-refractivity contribution in [2.45, 2.75) is 51.1 Å². The zero-order chi connectivity index (χ0) is 32.6. The highest BCUT2D eigenvalue weighted by atomic mass is 35.5. The summed E-state index contributed by atoms with van der Waals surface area (Å²) in [5, 5.41) is 3.69. The zero-order valence-electron chi connectivity index (χ0n) is 25.5. The van der Waals surface area contributed by atoms with Crippen molar-refractivity contribution in [1.82, 2.24) is 10.2 Å². The van der Waals surface area contributed by atoms with E-state index in [0.717, 1.165) is 21.0 Å². The van der Waals surface area contributed by atoms with E-state index in [1.54, 1.807) is 48.5 Å². The van der Waals surface area contributed by atoms with Crippen molar-refractivity contribution in [3.05, 3.63) is 129 Å². The average molecular weight is 667 g/mol. The van der Waals surface area contributed by atoms with Crippen LogP contribution in [0, 0.1) is 13.8 Å². The Kier molecular flexibility index (Phi) is 11.7. The van der Waals surface area contributed by atoms with Crippen LogP contribution in [0.2, 0.25) is 10.0 Å². The number of halogens is 2. The van der Waals surface area contributed by atoms with Crippen LogP contribution in [0.15, 0.2) is 102 Å². The van der Waals surface area contributed by atoms with Crippen molar-refractivity contribution in [3.8, 4) is 0 Å². The summed E-state index contributed by atoms with van der Waals surface area (Å²) in [5.41, 5.74) is 3.39. The molecule has 0 saturated heterocycles. The second-order valence-electron chi connectivity index (χ2n) is 10.8. The summed E-state index contributed by atoms with van der Waals surface area (Å²) in [6, 6.07) is 26.7. The maximum Gasteiger partial charge on any atom is 0.264 e. The van der Waals surface area contributed by atoms with Crippen LogP contribution < -0.4 is 9.62 Å². The number of rotatable bonds is 13. The molecule has 0 fully saturated rings. The van der Waals surface area contributed by atoms with Gasteiger partial charge in [-0.05, 0) is 72.9 Å². The molecule has 1 atom stereocenters. The Hall–Kier alpha value is -3.85. The van der Waals surface area contributed by atoms with Crippen LogP contribution in [0.5, 0.6) is 0 Å². The molecular weight excluding hydrogens is 629 g/mol. The van der Waals surface area contributed by atoms with Gasteiger partial charge in [-0.15, -0.1) is 0 Å². The lowest BCUT2D eigenvalue weighted by Crippen LogP contribution is -2.53. The normalized spacial score (nSPS) is 11.9. The summed E-state index contributed by atoms with van der Waals surface area (Å²) in [6.07, 6.45) is 0.915. The van der Waals surface area contributed by atoms with Crippen LogP contribution >= 0.6 is 23.2 Å². The number of carbonyl (C=O) groups excluding carboxylic acids is 2. The molecular formula is C35H37Cl2N3O4S. The van der Waals surface area contributed by atoms with Gasteiger partial charge in [-0.3, -0.25) is 13.9 Å². The van der Waals surface area contributed by atoms with Gasteiger partial charge in [0.1, 0.15) is 12.6 Å². The van der Waals surface area contributed by atoms with Gasteiger partial charge in [0, 0.05) is 29.6 Å². The molecule has 0 saturated carbocycles. The van der Waals surface area contributed by atoms with E-state index in [-0.39, 0.29) is 23.8 Å². The van der Waals surface area contributed by atoms with Crippen LogP contribution in [0.4, 0.5) is 5.69 Å². The summed E-state index contributed by atoms with van der Waals surface area (Å²) in [5.74, 6) is -0.905. The predicted molar refractivity (Wildman–Crippen MR) is 181 cm³/mol. The fourth-order valence-corrected chi connectivity index (χ4v) is 6.95. The van der Waals surface area contributed by atoms with E-state index in [9.17, 15) is 18.0 Å². The largest absolute Gasteiger partial charge is 0.354 e. The third-order valence-electron chi connectivity index (χ3n) is 7.63. The Balaban J connectivity index is 1.84. The molecule has 7 nitrogen and oxygen atoms in total. The number of nitrogens with one attached hydrogen (secondary N) is 1. The van der Waals surface area contributed by atoms with Crippen LogP contribution in [-0.2, 0) is 32.6 Å². The van der Waals surface area contributed by atoms with Gasteiger partial charge in [0.15, 0.2) is 0 Å². The molecule has 0 aliphatic heterocycles. The van der Waals surface area contributed by atoms with Crippen molar-refractivity contribution >= 4 is 50.7 Å². The highest BCUT2D eigenvalue weighted by Gasteiger charge is 2.35. The number of nitrogens with zero attached hydrogens (tertiary/aromatic N) is 2. The monoisotopic (exact) mass is 665 g/mol. The van der Waals surface area contributed by atoms with Crippen molar-refractivity contribution in [2.75, 3.05) is 17.4 Å². The lowest BCUT2D eigenvalue weighted by molar-refractivity contribution is -0.140. The zero-order valence-corrected chi connectivity index (χ0v) is 27.9. The molecule has 236 valence electrons. The van der Waals surface area contributed by atoms with Crippen LogP contribution in [0.25, 0.3) is 0 Å². The average Bonchev–Trinajstić information content (AvgIpc) is 3.03. The molecule has 0 aliphatic rings. The smallest absolute Gasteiger partial charge is 0.264 e. The van der Waals surface area contributed by atoms with E-state index in [2.05, 4.69) is 5.32 Å². The number of hydrogen-bond acceptors (Lipinski definition) is 4. The molecule has 0 aromatic heterocycles. The Morgan fingerprint density at radius 2 is 1.53 bits per heavy atom. The first-order valence-corrected chi connectivity index (χ1v) is 16.9. The Labute approximate surface area is 275 Å². The number of benzene rings is 4. The molecule has 10 heteroatoms. The van der Waals surface area contributed by atoms with Gasteiger partial charge in [-0.1, -0.05) is 96.9 Å². The Morgan fingerprint density at radius 3 is 2.18 bits per heavy atom. The molecule has 4 aromatic rings. The molecule has 0 heterocycles. The van der Waals surface area contributed by atoms with Crippen LogP contribution in [0.1, 0.15) is 35.6 Å². The quantitative estimate of drug-likeness (QED) is 0.167. The van der Waals surface area contributed by atoms with E-state index in [0.29, 0.717) is 34.3 Å². The predicted octanol–water partition coefficient (Wildman–Crippen LogP) is 6.97. The molecule has 2 amide bonds. The molecule has 1 unspecified atom stereocenters. The highest BCUT2D eigenvalue weighted by Crippen LogP contribution is 2.30. The highest BCUT2D eigenvalue weighted by molar-refractivity contribution is 7.92. The number of hydrogen-bond donors (Lipinski definition) is 1. The molecule has 0 aliphatic carbocycles. The number of anilines is 1. The molecule has 1 N–H and O–H groups in total. The summed E-state index contributed by atoms with van der Waals surface area (Å²) >= 11 is 12.7. The molecule has 45 heavy (non-hydrogen) atoms. The van der Waals surface area contributed by atoms with E-state index < -0.39 is 28.5 Å². The van der Waals surface area contributed by atoms with E-state index >= 15 is 0 Å². The number of aryl methyl sites for hydroxylation is 1. The Bertz CT molecular complexity index is 1730. The molecule has 0 bridgehead atoms. The van der Waals surface area contributed by atoms with E-state index in [1.807, 2.05) is 57.2 Å². The molecule has 0 spiro atoms. The minimum Gasteiger partial charge on any atom is -0.354 e. The summed E-state index contributed by atoms with van der Waals surface area (Å²) in [7, 11) is -4.19. The fourth-order valence-electron chi connectivity index (χ4n) is 4.99. The van der Waals surface area contributed by atoms with Gasteiger partial charge < -0.3 is 10.2 Å². The van der Waals surface area contributed by atoms with Crippen molar-refractivity contribution < 1.29 is 18.0 Å². The van der Waals surface area contributed by atoms with E-state index in [1.165, 1.54) is 17.0 Å². The second kappa shape index (κ2) is 15.4. The standard InChI is InChI=1S/C35H37Cl2N3O4S/c1-4-20-38-35(42)33(21-27-13-7-5-8-14-27)39(23-28-18-19-29(36)22-31(28)37)34(41)24-40(32-17-11-12-25(2)26(32)3)45(43,44)30-15-9-6-10-16-30/h5-19,22,33H,4,20-21,23-24H2,1-3H3,(H,38,42). The lowest BCUT2D eigenvalue weighted by Gasteiger charge is -2.34. The Morgan fingerprint density at radius 1 is 0.867 bits per heavy atom. The molecule has 4 rings (SSSR count). The number of amides is 2. The minimum absolute atomic E-state index is 0.0437. The number of carbonyl (C=O) groups is 2. The second-order valence-corrected chi connectivity index (χ2v) is 13.5. The fraction of sp³-hybridized carbons (Fsp3) is 0.257. The first-order valence-electron chi connectivity index (χ1n) is 14.7. The van der Waals surface area contributed by atoms with Crippen LogP contribution in [-0.4, -0.2) is 44.3 Å². The van der Waals surface area contributed by atoms with Crippen molar-refractivity contribution in [2.24, 2.45) is 0 Å². The van der Waals surface area contributed by atoms with Gasteiger partial charge in [0.05, 0.1) is 10.6 Å². The van der Waals surface area contributed by atoms with Crippen molar-refractivity contribution in [1.29, 1.82) is 0 Å². The third-order valence-corrected chi connectivity index (χ3v) is 9.99. The van der Waals surface area contributed by atoms with Gasteiger partial charge in [0.25, 0.3) is 10.0 Å². The topological polar surface area (TPSA) is 86.8 Å². The van der Waals surface area contributed by atoms with E-state index in [4.69, 9.17) is 23.2 Å². The van der Waals surface area contributed by atoms with Crippen LogP contribution in [0.3, 0.4) is 0 Å². The first-order chi connectivity index (χ1) is 21.5. The lowest BCUT2D eigenvalue weighted by atomic mass is 10.0.